The van der Waals surface area contributed by atoms with E-state index in [-0.39, 0.29) is 0 Å². The number of aldehydes is 1. The largest absolute Gasteiger partial charge is 0.493 e. The van der Waals surface area contributed by atoms with Crippen LogP contribution >= 0.6 is 15.9 Å². The number of halogens is 1. The molecule has 4 nitrogen and oxygen atoms in total. The number of benzene rings is 1. The van der Waals surface area contributed by atoms with Crippen molar-refractivity contribution < 1.29 is 14.3 Å². The first-order valence-electron chi connectivity index (χ1n) is 6.67. The summed E-state index contributed by atoms with van der Waals surface area (Å²) in [5.74, 6) is 1.21. The van der Waals surface area contributed by atoms with Crippen LogP contribution in [-0.4, -0.2) is 17.9 Å². The van der Waals surface area contributed by atoms with Crippen LogP contribution in [0.5, 0.6) is 11.5 Å². The summed E-state index contributed by atoms with van der Waals surface area (Å²) < 4.78 is 12.2. The number of carbonyl (C=O) groups excluding carboxylic acids is 1. The lowest BCUT2D eigenvalue weighted by atomic mass is 10.2. The van der Waals surface area contributed by atoms with Crippen molar-refractivity contribution in [2.75, 3.05) is 6.61 Å². The fraction of sp³-hybridized carbons (Fsp3) is 0.250. The Morgan fingerprint density at radius 1 is 1.24 bits per heavy atom. The molecule has 2 rings (SSSR count). The van der Waals surface area contributed by atoms with Gasteiger partial charge in [-0.1, -0.05) is 6.92 Å². The second-order valence-electron chi connectivity index (χ2n) is 4.47. The number of ether oxygens (including phenoxy) is 2. The smallest absolute Gasteiger partial charge is 0.153 e. The topological polar surface area (TPSA) is 48.4 Å². The van der Waals surface area contributed by atoms with E-state index in [0.717, 1.165) is 22.7 Å². The van der Waals surface area contributed by atoms with E-state index < -0.39 is 0 Å². The highest BCUT2D eigenvalue weighted by Gasteiger charge is 2.06. The molecule has 0 bridgehead atoms. The molecule has 110 valence electrons. The van der Waals surface area contributed by atoms with Gasteiger partial charge in [0.2, 0.25) is 0 Å². The first-order chi connectivity index (χ1) is 10.2. The Balaban J connectivity index is 2.11. The quantitative estimate of drug-likeness (QED) is 0.708. The summed E-state index contributed by atoms with van der Waals surface area (Å²) in [5.41, 5.74) is 1.42. The second-order valence-corrected chi connectivity index (χ2v) is 5.38. The van der Waals surface area contributed by atoms with E-state index in [4.69, 9.17) is 9.47 Å². The highest BCUT2D eigenvalue weighted by Crippen LogP contribution is 2.25. The third-order valence-corrected chi connectivity index (χ3v) is 3.17. The van der Waals surface area contributed by atoms with E-state index in [1.165, 1.54) is 0 Å². The Labute approximate surface area is 132 Å². The summed E-state index contributed by atoms with van der Waals surface area (Å²) in [5, 5.41) is 0. The van der Waals surface area contributed by atoms with Crippen LogP contribution in [0.4, 0.5) is 0 Å². The minimum absolute atomic E-state index is 0.338. The summed E-state index contributed by atoms with van der Waals surface area (Å²) in [6.07, 6.45) is 5.13. The van der Waals surface area contributed by atoms with Gasteiger partial charge in [-0.2, -0.15) is 0 Å². The molecule has 0 saturated carbocycles. The third kappa shape index (κ3) is 4.56. The molecule has 0 aliphatic heterocycles. The lowest BCUT2D eigenvalue weighted by Crippen LogP contribution is -2.01. The molecule has 0 spiro atoms. The highest BCUT2D eigenvalue weighted by atomic mass is 79.9. The summed E-state index contributed by atoms with van der Waals surface area (Å²) in [4.78, 5) is 15.2. The summed E-state index contributed by atoms with van der Waals surface area (Å²) in [7, 11) is 0. The van der Waals surface area contributed by atoms with E-state index in [2.05, 4.69) is 20.9 Å². The molecule has 0 aliphatic rings. The molecule has 1 heterocycles. The molecular formula is C16H16BrNO3. The molecule has 0 saturated heterocycles. The zero-order valence-corrected chi connectivity index (χ0v) is 13.3. The van der Waals surface area contributed by atoms with Crippen molar-refractivity contribution in [3.63, 3.8) is 0 Å². The standard InChI is InChI=1S/C16H16BrNO3/c1-2-5-20-15-4-3-13(10-19)16(7-15)21-11-12-6-14(17)9-18-8-12/h3-4,6-10H,2,5,11H2,1H3. The number of rotatable bonds is 7. The average molecular weight is 350 g/mol. The Morgan fingerprint density at radius 2 is 2.10 bits per heavy atom. The zero-order valence-electron chi connectivity index (χ0n) is 11.7. The maximum atomic E-state index is 11.1. The van der Waals surface area contributed by atoms with Gasteiger partial charge in [-0.25, -0.2) is 0 Å². The summed E-state index contributed by atoms with van der Waals surface area (Å²) in [6.45, 7) is 3.01. The van der Waals surface area contributed by atoms with Crippen LogP contribution in [0.1, 0.15) is 29.3 Å². The van der Waals surface area contributed by atoms with Crippen LogP contribution in [0.25, 0.3) is 0 Å². The van der Waals surface area contributed by atoms with Crippen LogP contribution in [0.3, 0.4) is 0 Å². The number of pyridine rings is 1. The molecule has 0 atom stereocenters. The maximum absolute atomic E-state index is 11.1. The zero-order chi connectivity index (χ0) is 15.1. The SMILES string of the molecule is CCCOc1ccc(C=O)c(OCc2cncc(Br)c2)c1. The molecule has 0 radical (unpaired) electrons. The molecule has 5 heteroatoms. The molecule has 0 amide bonds. The molecule has 0 N–H and O–H groups in total. The number of carbonyl (C=O) groups is 1. The van der Waals surface area contributed by atoms with Crippen molar-refractivity contribution in [2.45, 2.75) is 20.0 Å². The molecule has 0 fully saturated rings. The Morgan fingerprint density at radius 3 is 2.81 bits per heavy atom. The highest BCUT2D eigenvalue weighted by molar-refractivity contribution is 9.10. The lowest BCUT2D eigenvalue weighted by Gasteiger charge is -2.11. The molecule has 21 heavy (non-hydrogen) atoms. The Kier molecular flexibility index (Phi) is 5.75. The first kappa shape index (κ1) is 15.5. The fourth-order valence-corrected chi connectivity index (χ4v) is 2.15. The van der Waals surface area contributed by atoms with Crippen LogP contribution in [0.2, 0.25) is 0 Å². The van der Waals surface area contributed by atoms with E-state index in [1.807, 2.05) is 13.0 Å². The summed E-state index contributed by atoms with van der Waals surface area (Å²) >= 11 is 3.36. The van der Waals surface area contributed by atoms with Crippen LogP contribution in [0, 0.1) is 0 Å². The van der Waals surface area contributed by atoms with E-state index in [0.29, 0.717) is 30.3 Å². The van der Waals surface area contributed by atoms with Crippen molar-refractivity contribution in [3.05, 3.63) is 52.3 Å². The van der Waals surface area contributed by atoms with Gasteiger partial charge in [0, 0.05) is 28.5 Å². The third-order valence-electron chi connectivity index (χ3n) is 2.74. The average Bonchev–Trinajstić information content (AvgIpc) is 2.51. The van der Waals surface area contributed by atoms with Gasteiger partial charge in [0.25, 0.3) is 0 Å². The van der Waals surface area contributed by atoms with Crippen molar-refractivity contribution in [2.24, 2.45) is 0 Å². The second kappa shape index (κ2) is 7.78. The van der Waals surface area contributed by atoms with Crippen molar-refractivity contribution in [1.29, 1.82) is 0 Å². The van der Waals surface area contributed by atoms with Crippen molar-refractivity contribution in [1.82, 2.24) is 4.98 Å². The van der Waals surface area contributed by atoms with Gasteiger partial charge >= 0.3 is 0 Å². The van der Waals surface area contributed by atoms with Crippen molar-refractivity contribution in [3.8, 4) is 11.5 Å². The van der Waals surface area contributed by atoms with Gasteiger partial charge in [-0.15, -0.1) is 0 Å². The van der Waals surface area contributed by atoms with Gasteiger partial charge in [-0.05, 0) is 40.5 Å². The number of nitrogens with zero attached hydrogens (tertiary/aromatic N) is 1. The molecule has 0 unspecified atom stereocenters. The Hall–Kier alpha value is -1.88. The number of hydrogen-bond donors (Lipinski definition) is 0. The van der Waals surface area contributed by atoms with E-state index >= 15 is 0 Å². The predicted octanol–water partition coefficient (Wildman–Crippen LogP) is 4.02. The Bertz CT molecular complexity index is 616. The minimum Gasteiger partial charge on any atom is -0.493 e. The molecule has 2 aromatic rings. The normalized spacial score (nSPS) is 10.2. The van der Waals surface area contributed by atoms with Gasteiger partial charge in [0.15, 0.2) is 6.29 Å². The van der Waals surface area contributed by atoms with Crippen LogP contribution in [0.15, 0.2) is 41.1 Å². The number of aromatic nitrogens is 1. The molecule has 0 aliphatic carbocycles. The first-order valence-corrected chi connectivity index (χ1v) is 7.46. The van der Waals surface area contributed by atoms with Crippen LogP contribution < -0.4 is 9.47 Å². The maximum Gasteiger partial charge on any atom is 0.153 e. The fourth-order valence-electron chi connectivity index (χ4n) is 1.74. The lowest BCUT2D eigenvalue weighted by molar-refractivity contribution is 0.111. The van der Waals surface area contributed by atoms with Crippen molar-refractivity contribution >= 4 is 22.2 Å². The molecule has 1 aromatic carbocycles. The van der Waals surface area contributed by atoms with Gasteiger partial charge in [0.05, 0.1) is 12.2 Å². The summed E-state index contributed by atoms with van der Waals surface area (Å²) in [6, 6.07) is 7.13. The van der Waals surface area contributed by atoms with E-state index in [9.17, 15) is 4.79 Å². The minimum atomic E-state index is 0.338. The van der Waals surface area contributed by atoms with Gasteiger partial charge < -0.3 is 9.47 Å². The predicted molar refractivity (Wildman–Crippen MR) is 83.9 cm³/mol. The molecular weight excluding hydrogens is 334 g/mol. The van der Waals surface area contributed by atoms with Gasteiger partial charge in [-0.3, -0.25) is 9.78 Å². The van der Waals surface area contributed by atoms with Crippen LogP contribution in [-0.2, 0) is 6.61 Å². The van der Waals surface area contributed by atoms with E-state index in [1.54, 1.807) is 30.6 Å². The monoisotopic (exact) mass is 349 g/mol. The van der Waals surface area contributed by atoms with Gasteiger partial charge in [0.1, 0.15) is 18.1 Å². The number of hydrogen-bond acceptors (Lipinski definition) is 4. The molecule has 1 aromatic heterocycles.